The number of aromatic hydroxyl groups is 1. The van der Waals surface area contributed by atoms with E-state index in [4.69, 9.17) is 9.47 Å². The summed E-state index contributed by atoms with van der Waals surface area (Å²) in [6.45, 7) is 5.41. The number of halogens is 2. The highest BCUT2D eigenvalue weighted by molar-refractivity contribution is 9.11. The first kappa shape index (κ1) is 21.2. The summed E-state index contributed by atoms with van der Waals surface area (Å²) in [7, 11) is 0. The molecule has 160 valence electrons. The lowest BCUT2D eigenvalue weighted by Gasteiger charge is -2.30. The number of nitrogens with one attached hydrogen (secondary N) is 1. The van der Waals surface area contributed by atoms with Crippen molar-refractivity contribution >= 4 is 55.9 Å². The van der Waals surface area contributed by atoms with Gasteiger partial charge in [-0.3, -0.25) is 0 Å². The molecule has 2 N–H and O–H groups in total. The van der Waals surface area contributed by atoms with Crippen LogP contribution in [0.2, 0.25) is 0 Å². The Hall–Kier alpha value is -2.02. The second kappa shape index (κ2) is 9.86. The van der Waals surface area contributed by atoms with E-state index in [1.54, 1.807) is 12.1 Å². The number of morpholine rings is 2. The number of nitrogens with zero attached hydrogens (tertiary/aromatic N) is 6. The first-order valence-electron chi connectivity index (χ1n) is 9.49. The van der Waals surface area contributed by atoms with E-state index in [-0.39, 0.29) is 5.75 Å². The summed E-state index contributed by atoms with van der Waals surface area (Å²) in [5, 5.41) is 14.4. The number of hydrazone groups is 1. The van der Waals surface area contributed by atoms with Crippen molar-refractivity contribution in [2.24, 2.45) is 5.10 Å². The van der Waals surface area contributed by atoms with Crippen LogP contribution in [0.3, 0.4) is 0 Å². The highest BCUT2D eigenvalue weighted by Gasteiger charge is 2.20. The first-order chi connectivity index (χ1) is 14.6. The lowest BCUT2D eigenvalue weighted by molar-refractivity contribution is 0.121. The molecule has 2 aromatic rings. The van der Waals surface area contributed by atoms with Crippen molar-refractivity contribution in [1.29, 1.82) is 0 Å². The predicted molar refractivity (Wildman–Crippen MR) is 121 cm³/mol. The molecule has 0 aliphatic carbocycles. The van der Waals surface area contributed by atoms with Crippen LogP contribution in [0.5, 0.6) is 5.75 Å². The first-order valence-corrected chi connectivity index (χ1v) is 11.1. The van der Waals surface area contributed by atoms with Crippen molar-refractivity contribution in [3.8, 4) is 5.75 Å². The fourth-order valence-corrected chi connectivity index (χ4v) is 4.32. The Morgan fingerprint density at radius 2 is 1.50 bits per heavy atom. The van der Waals surface area contributed by atoms with E-state index in [0.29, 0.717) is 54.3 Å². The third-order valence-corrected chi connectivity index (χ3v) is 5.69. The summed E-state index contributed by atoms with van der Waals surface area (Å²) in [4.78, 5) is 17.8. The molecule has 10 nitrogen and oxygen atoms in total. The van der Waals surface area contributed by atoms with Crippen molar-refractivity contribution in [1.82, 2.24) is 15.0 Å². The van der Waals surface area contributed by atoms with Gasteiger partial charge in [0, 0.05) is 36.2 Å². The molecule has 12 heteroatoms. The smallest absolute Gasteiger partial charge is 0.250 e. The monoisotopic (exact) mass is 541 g/mol. The van der Waals surface area contributed by atoms with E-state index < -0.39 is 0 Å². The summed E-state index contributed by atoms with van der Waals surface area (Å²) in [6, 6.07) is 3.52. The van der Waals surface area contributed by atoms with Gasteiger partial charge in [-0.05, 0) is 28.1 Å². The second-order valence-electron chi connectivity index (χ2n) is 6.65. The second-order valence-corrected chi connectivity index (χ2v) is 8.42. The number of anilines is 3. The van der Waals surface area contributed by atoms with Gasteiger partial charge in [0.2, 0.25) is 17.8 Å². The van der Waals surface area contributed by atoms with E-state index in [2.05, 4.69) is 67.1 Å². The maximum atomic E-state index is 10.2. The molecule has 2 saturated heterocycles. The Morgan fingerprint density at radius 3 is 2.07 bits per heavy atom. The Balaban J connectivity index is 1.58. The van der Waals surface area contributed by atoms with E-state index in [1.165, 1.54) is 6.21 Å². The Kier molecular flexibility index (Phi) is 6.97. The summed E-state index contributed by atoms with van der Waals surface area (Å²) in [5.74, 6) is 1.60. The number of hydrogen-bond acceptors (Lipinski definition) is 10. The van der Waals surface area contributed by atoms with Gasteiger partial charge in [0.25, 0.3) is 0 Å². The van der Waals surface area contributed by atoms with E-state index in [1.807, 2.05) is 0 Å². The van der Waals surface area contributed by atoms with Crippen molar-refractivity contribution in [3.05, 3.63) is 26.6 Å². The summed E-state index contributed by atoms with van der Waals surface area (Å²) in [6.07, 6.45) is 1.51. The van der Waals surface area contributed by atoms with Crippen LogP contribution in [0, 0.1) is 0 Å². The Labute approximate surface area is 190 Å². The summed E-state index contributed by atoms with van der Waals surface area (Å²) in [5.41, 5.74) is 3.41. The largest absolute Gasteiger partial charge is 0.506 e. The number of phenolic OH excluding ortho intramolecular Hbond substituents is 1. The maximum Gasteiger partial charge on any atom is 0.250 e. The van der Waals surface area contributed by atoms with Gasteiger partial charge >= 0.3 is 0 Å². The predicted octanol–water partition coefficient (Wildman–Crippen LogP) is 2.22. The quantitative estimate of drug-likeness (QED) is 0.434. The molecule has 0 amide bonds. The number of benzene rings is 1. The van der Waals surface area contributed by atoms with E-state index in [0.717, 1.165) is 30.7 Å². The number of aromatic nitrogens is 3. The third-order valence-electron chi connectivity index (χ3n) is 4.63. The van der Waals surface area contributed by atoms with Crippen LogP contribution in [-0.4, -0.2) is 78.9 Å². The van der Waals surface area contributed by atoms with Gasteiger partial charge in [0.05, 0.1) is 37.1 Å². The Bertz CT molecular complexity index is 883. The fourth-order valence-electron chi connectivity index (χ4n) is 3.06. The molecule has 0 bridgehead atoms. The molecule has 2 aliphatic rings. The number of phenols is 1. The minimum atomic E-state index is 0.0995. The van der Waals surface area contributed by atoms with Gasteiger partial charge in [-0.2, -0.15) is 20.1 Å². The van der Waals surface area contributed by atoms with E-state index >= 15 is 0 Å². The average Bonchev–Trinajstić information content (AvgIpc) is 2.78. The number of rotatable bonds is 5. The highest BCUT2D eigenvalue weighted by Crippen LogP contribution is 2.30. The van der Waals surface area contributed by atoms with Crippen molar-refractivity contribution in [2.45, 2.75) is 0 Å². The lowest BCUT2D eigenvalue weighted by Crippen LogP contribution is -2.40. The van der Waals surface area contributed by atoms with Crippen LogP contribution in [-0.2, 0) is 9.47 Å². The van der Waals surface area contributed by atoms with Gasteiger partial charge in [0.15, 0.2) is 0 Å². The highest BCUT2D eigenvalue weighted by atomic mass is 79.9. The SMILES string of the molecule is Oc1c(Br)cc(Br)cc1/C=N/Nc1nc(N2CCOCC2)nc(N2CCOCC2)n1. The van der Waals surface area contributed by atoms with Crippen LogP contribution in [0.4, 0.5) is 17.8 Å². The van der Waals surface area contributed by atoms with Gasteiger partial charge in [-0.15, -0.1) is 0 Å². The number of ether oxygens (including phenoxy) is 2. The standard InChI is InChI=1S/C18H21Br2N7O3/c19-13-9-12(15(28)14(20)10-13)11-21-25-16-22-17(26-1-5-29-6-2-26)24-18(23-16)27-3-7-30-8-4-27/h9-11,28H,1-8H2,(H,22,23,24,25)/b21-11+. The van der Waals surface area contributed by atoms with Crippen molar-refractivity contribution in [2.75, 3.05) is 67.8 Å². The van der Waals surface area contributed by atoms with Crippen LogP contribution >= 0.6 is 31.9 Å². The van der Waals surface area contributed by atoms with Gasteiger partial charge in [-0.1, -0.05) is 15.9 Å². The molecule has 0 saturated carbocycles. The summed E-state index contributed by atoms with van der Waals surface area (Å²) < 4.78 is 12.3. The molecular formula is C18H21Br2N7O3. The minimum absolute atomic E-state index is 0.0995. The molecule has 0 atom stereocenters. The molecule has 2 aliphatic heterocycles. The zero-order valence-corrected chi connectivity index (χ0v) is 19.3. The van der Waals surface area contributed by atoms with E-state index in [9.17, 15) is 5.11 Å². The average molecular weight is 543 g/mol. The lowest BCUT2D eigenvalue weighted by atomic mass is 10.2. The third kappa shape index (κ3) is 5.17. The van der Waals surface area contributed by atoms with Crippen LogP contribution in [0.15, 0.2) is 26.2 Å². The minimum Gasteiger partial charge on any atom is -0.506 e. The maximum absolute atomic E-state index is 10.2. The molecule has 3 heterocycles. The molecular weight excluding hydrogens is 522 g/mol. The molecule has 2 fully saturated rings. The van der Waals surface area contributed by atoms with Crippen LogP contribution < -0.4 is 15.2 Å². The van der Waals surface area contributed by atoms with Crippen molar-refractivity contribution < 1.29 is 14.6 Å². The van der Waals surface area contributed by atoms with Gasteiger partial charge in [-0.25, -0.2) is 5.43 Å². The van der Waals surface area contributed by atoms with Crippen molar-refractivity contribution in [3.63, 3.8) is 0 Å². The topological polar surface area (TPSA) is 108 Å². The zero-order valence-electron chi connectivity index (χ0n) is 16.1. The molecule has 0 unspecified atom stereocenters. The van der Waals surface area contributed by atoms with Gasteiger partial charge in [0.1, 0.15) is 5.75 Å². The molecule has 30 heavy (non-hydrogen) atoms. The van der Waals surface area contributed by atoms with Crippen LogP contribution in [0.25, 0.3) is 0 Å². The molecule has 0 radical (unpaired) electrons. The van der Waals surface area contributed by atoms with Gasteiger partial charge < -0.3 is 24.4 Å². The molecule has 4 rings (SSSR count). The van der Waals surface area contributed by atoms with Crippen LogP contribution in [0.1, 0.15) is 5.56 Å². The molecule has 1 aromatic carbocycles. The summed E-state index contributed by atoms with van der Waals surface area (Å²) >= 11 is 6.72. The normalized spacial score (nSPS) is 17.5. The fraction of sp³-hybridized carbons (Fsp3) is 0.444. The zero-order chi connectivity index (χ0) is 20.9. The number of hydrogen-bond donors (Lipinski definition) is 2. The molecule has 1 aromatic heterocycles. The molecule has 0 spiro atoms. The Morgan fingerprint density at radius 1 is 0.933 bits per heavy atom.